The van der Waals surface area contributed by atoms with Gasteiger partial charge in [-0.2, -0.15) is 9.97 Å². The smallest absolute Gasteiger partial charge is 0.322 e. The maximum Gasteiger partial charge on any atom is 0.322 e. The number of methoxy groups -OCH3 is 2. The van der Waals surface area contributed by atoms with Gasteiger partial charge in [-0.1, -0.05) is 35.5 Å². The van der Waals surface area contributed by atoms with Gasteiger partial charge in [0.05, 0.1) is 26.2 Å². The monoisotopic (exact) mass is 391 g/mol. The number of ether oxygens (including phenoxy) is 2. The minimum absolute atomic E-state index is 0.0846. The van der Waals surface area contributed by atoms with E-state index in [1.54, 1.807) is 18.2 Å². The largest absolute Gasteiger partial charge is 0.467 e. The molecule has 9 heteroatoms. The molecule has 29 heavy (non-hydrogen) atoms. The fraction of sp³-hybridized carbons (Fsp3) is 0.150. The van der Waals surface area contributed by atoms with Gasteiger partial charge in [0.1, 0.15) is 5.52 Å². The van der Waals surface area contributed by atoms with Crippen LogP contribution in [-0.2, 0) is 6.54 Å². The van der Waals surface area contributed by atoms with Crippen LogP contribution in [0.25, 0.3) is 22.2 Å². The van der Waals surface area contributed by atoms with Crippen LogP contribution in [0.3, 0.4) is 0 Å². The highest BCUT2D eigenvalue weighted by Gasteiger charge is 2.15. The van der Waals surface area contributed by atoms with Crippen molar-refractivity contribution < 1.29 is 18.8 Å². The predicted octanol–water partition coefficient (Wildman–Crippen LogP) is 2.63. The molecule has 0 aliphatic rings. The lowest BCUT2D eigenvalue weighted by Gasteiger charge is -2.07. The van der Waals surface area contributed by atoms with E-state index in [9.17, 15) is 4.79 Å². The number of hydrogen-bond acceptors (Lipinski definition) is 8. The van der Waals surface area contributed by atoms with Gasteiger partial charge in [0, 0.05) is 11.1 Å². The molecule has 0 radical (unpaired) electrons. The average molecular weight is 391 g/mol. The molecule has 0 atom stereocenters. The number of nitrogens with zero attached hydrogens (tertiary/aromatic N) is 4. The Hall–Kier alpha value is -4.01. The molecule has 0 aliphatic carbocycles. The second-order valence-electron chi connectivity index (χ2n) is 6.02. The summed E-state index contributed by atoms with van der Waals surface area (Å²) in [5.41, 5.74) is 2.02. The second-order valence-corrected chi connectivity index (χ2v) is 6.02. The number of benzene rings is 2. The zero-order chi connectivity index (χ0) is 20.2. The van der Waals surface area contributed by atoms with Gasteiger partial charge in [0.15, 0.2) is 11.6 Å². The number of carbonyl (C=O) groups is 1. The Balaban J connectivity index is 1.56. The number of rotatable bonds is 6. The first-order valence-corrected chi connectivity index (χ1v) is 8.74. The molecule has 2 aromatic carbocycles. The van der Waals surface area contributed by atoms with Crippen molar-refractivity contribution >= 4 is 16.8 Å². The van der Waals surface area contributed by atoms with E-state index in [0.29, 0.717) is 22.7 Å². The summed E-state index contributed by atoms with van der Waals surface area (Å²) in [6.07, 6.45) is 0. The Labute approximate surface area is 165 Å². The molecule has 2 heterocycles. The van der Waals surface area contributed by atoms with E-state index in [1.165, 1.54) is 14.2 Å². The van der Waals surface area contributed by atoms with Crippen molar-refractivity contribution in [3.63, 3.8) is 0 Å². The lowest BCUT2D eigenvalue weighted by atomic mass is 10.1. The maximum absolute atomic E-state index is 12.6. The van der Waals surface area contributed by atoms with Crippen LogP contribution in [-0.4, -0.2) is 40.2 Å². The van der Waals surface area contributed by atoms with Gasteiger partial charge in [-0.05, 0) is 18.2 Å². The molecule has 1 amide bonds. The number of nitrogens with one attached hydrogen (secondary N) is 1. The molecule has 0 fully saturated rings. The number of amides is 1. The number of aromatic nitrogens is 4. The van der Waals surface area contributed by atoms with Crippen molar-refractivity contribution in [2.24, 2.45) is 0 Å². The molecule has 0 bridgehead atoms. The Kier molecular flexibility index (Phi) is 5.02. The van der Waals surface area contributed by atoms with Crippen molar-refractivity contribution in [1.29, 1.82) is 0 Å². The van der Waals surface area contributed by atoms with Crippen LogP contribution < -0.4 is 14.8 Å². The first-order chi connectivity index (χ1) is 14.2. The highest BCUT2D eigenvalue weighted by Crippen LogP contribution is 2.29. The molecule has 0 spiro atoms. The van der Waals surface area contributed by atoms with Crippen molar-refractivity contribution in [3.05, 3.63) is 59.9 Å². The van der Waals surface area contributed by atoms with Gasteiger partial charge in [0.25, 0.3) is 5.91 Å². The van der Waals surface area contributed by atoms with Crippen LogP contribution in [0.4, 0.5) is 0 Å². The molecule has 4 aromatic rings. The summed E-state index contributed by atoms with van der Waals surface area (Å²) in [6.45, 7) is 0.0846. The van der Waals surface area contributed by atoms with Crippen molar-refractivity contribution in [1.82, 2.24) is 25.4 Å². The van der Waals surface area contributed by atoms with Crippen molar-refractivity contribution in [3.8, 4) is 23.3 Å². The second kappa shape index (κ2) is 7.93. The zero-order valence-corrected chi connectivity index (χ0v) is 15.7. The quantitative estimate of drug-likeness (QED) is 0.534. The molecule has 2 aromatic heterocycles. The van der Waals surface area contributed by atoms with Gasteiger partial charge >= 0.3 is 12.0 Å². The molecular formula is C20H17N5O4. The molecule has 0 aliphatic heterocycles. The predicted molar refractivity (Wildman–Crippen MR) is 104 cm³/mol. The Morgan fingerprint density at radius 3 is 2.41 bits per heavy atom. The number of carbonyl (C=O) groups excluding carboxylic acids is 1. The van der Waals surface area contributed by atoms with Gasteiger partial charge in [-0.3, -0.25) is 4.79 Å². The van der Waals surface area contributed by atoms with E-state index in [1.807, 2.05) is 30.3 Å². The average Bonchev–Trinajstić information content (AvgIpc) is 3.21. The highest BCUT2D eigenvalue weighted by atomic mass is 16.5. The molecule has 0 saturated heterocycles. The molecule has 146 valence electrons. The minimum atomic E-state index is -0.287. The first kappa shape index (κ1) is 18.4. The van der Waals surface area contributed by atoms with Crippen LogP contribution in [0.15, 0.2) is 53.1 Å². The van der Waals surface area contributed by atoms with E-state index < -0.39 is 0 Å². The van der Waals surface area contributed by atoms with Crippen LogP contribution in [0.2, 0.25) is 0 Å². The van der Waals surface area contributed by atoms with E-state index in [-0.39, 0.29) is 24.5 Å². The van der Waals surface area contributed by atoms with Gasteiger partial charge in [0.2, 0.25) is 0 Å². The van der Waals surface area contributed by atoms with Crippen LogP contribution in [0.1, 0.15) is 16.2 Å². The van der Waals surface area contributed by atoms with Crippen molar-refractivity contribution in [2.45, 2.75) is 6.54 Å². The third kappa shape index (κ3) is 3.84. The van der Waals surface area contributed by atoms with Gasteiger partial charge < -0.3 is 19.3 Å². The third-order valence-corrected chi connectivity index (χ3v) is 4.19. The molecule has 9 nitrogen and oxygen atoms in total. The standard InChI is InChI=1S/C20H17N5O4/c1-27-19-22-16(23-20(24-19)28-2)11-21-18(26)13-8-9-15-14(10-13)17(29-25-15)12-6-4-3-5-7-12/h3-10H,11H2,1-2H3,(H,21,26). The van der Waals surface area contributed by atoms with Crippen LogP contribution in [0, 0.1) is 0 Å². The summed E-state index contributed by atoms with van der Waals surface area (Å²) in [7, 11) is 2.88. The number of fused-ring (bicyclic) bond motifs is 1. The topological polar surface area (TPSA) is 112 Å². The first-order valence-electron chi connectivity index (χ1n) is 8.74. The van der Waals surface area contributed by atoms with Crippen molar-refractivity contribution in [2.75, 3.05) is 14.2 Å². The lowest BCUT2D eigenvalue weighted by molar-refractivity contribution is 0.0949. The summed E-state index contributed by atoms with van der Waals surface area (Å²) in [5.74, 6) is 0.644. The number of hydrogen-bond donors (Lipinski definition) is 1. The van der Waals surface area contributed by atoms with Crippen LogP contribution >= 0.6 is 0 Å². The summed E-state index contributed by atoms with van der Waals surface area (Å²) in [4.78, 5) is 24.8. The summed E-state index contributed by atoms with van der Waals surface area (Å²) < 4.78 is 15.5. The van der Waals surface area contributed by atoms with E-state index in [2.05, 4.69) is 25.4 Å². The fourth-order valence-electron chi connectivity index (χ4n) is 2.78. The Morgan fingerprint density at radius 1 is 1.00 bits per heavy atom. The van der Waals surface area contributed by atoms with Gasteiger partial charge in [-0.25, -0.2) is 0 Å². The van der Waals surface area contributed by atoms with Gasteiger partial charge in [-0.15, -0.1) is 4.98 Å². The molecule has 0 unspecified atom stereocenters. The summed E-state index contributed by atoms with van der Waals surface area (Å²) in [5, 5.41) is 7.60. The fourth-order valence-corrected chi connectivity index (χ4v) is 2.78. The molecule has 1 N–H and O–H groups in total. The van der Waals surface area contributed by atoms with E-state index >= 15 is 0 Å². The zero-order valence-electron chi connectivity index (χ0n) is 15.7. The highest BCUT2D eigenvalue weighted by molar-refractivity contribution is 6.00. The van der Waals surface area contributed by atoms with E-state index in [4.69, 9.17) is 14.0 Å². The molecule has 4 rings (SSSR count). The molecular weight excluding hydrogens is 374 g/mol. The Morgan fingerprint density at radius 2 is 1.72 bits per heavy atom. The van der Waals surface area contributed by atoms with E-state index in [0.717, 1.165) is 10.9 Å². The minimum Gasteiger partial charge on any atom is -0.467 e. The summed E-state index contributed by atoms with van der Waals surface area (Å²) in [6, 6.07) is 15.0. The Bertz CT molecular complexity index is 1140. The van der Waals surface area contributed by atoms with Crippen LogP contribution in [0.5, 0.6) is 12.0 Å². The normalized spacial score (nSPS) is 10.7. The SMILES string of the molecule is COc1nc(CNC(=O)c2ccc3noc(-c4ccccc4)c3c2)nc(OC)n1. The maximum atomic E-state index is 12.6. The third-order valence-electron chi connectivity index (χ3n) is 4.19. The lowest BCUT2D eigenvalue weighted by Crippen LogP contribution is -2.24. The summed E-state index contributed by atoms with van der Waals surface area (Å²) >= 11 is 0. The molecule has 0 saturated carbocycles.